The summed E-state index contributed by atoms with van der Waals surface area (Å²) >= 11 is 0. The molecular weight excluding hydrogens is 254 g/mol. The Morgan fingerprint density at radius 3 is 2.72 bits per heavy atom. The summed E-state index contributed by atoms with van der Waals surface area (Å²) in [5.41, 5.74) is 0.771. The lowest BCUT2D eigenvalue weighted by molar-refractivity contribution is -0.132. The van der Waals surface area contributed by atoms with Crippen molar-refractivity contribution >= 4 is 22.0 Å². The zero-order valence-electron chi connectivity index (χ0n) is 9.57. The van der Waals surface area contributed by atoms with Crippen LogP contribution in [0.5, 0.6) is 0 Å². The second-order valence-corrected chi connectivity index (χ2v) is 6.14. The number of carboxylic acid groups (broad SMARTS) is 1. The number of rotatable bonds is 2. The van der Waals surface area contributed by atoms with Crippen LogP contribution in [0.2, 0.25) is 0 Å². The highest BCUT2D eigenvalue weighted by molar-refractivity contribution is 7.91. The number of fused-ring (bicyclic) bond motifs is 2. The molecule has 94 valence electrons. The highest BCUT2D eigenvalue weighted by Gasteiger charge is 2.30. The van der Waals surface area contributed by atoms with E-state index in [1.165, 1.54) is 24.4 Å². The molecule has 2 rings (SSSR count). The van der Waals surface area contributed by atoms with Crippen molar-refractivity contribution in [2.45, 2.75) is 5.25 Å². The quantitative estimate of drug-likeness (QED) is 0.803. The van der Waals surface area contributed by atoms with Gasteiger partial charge in [0, 0.05) is 12.5 Å². The molecule has 0 saturated carbocycles. The van der Waals surface area contributed by atoms with Crippen molar-refractivity contribution in [1.29, 1.82) is 0 Å². The van der Waals surface area contributed by atoms with Crippen LogP contribution in [-0.2, 0) is 14.6 Å². The lowest BCUT2D eigenvalue weighted by Crippen LogP contribution is -2.23. The molecule has 1 N–H and O–H groups in total. The summed E-state index contributed by atoms with van der Waals surface area (Å²) in [7, 11) is -3.41. The van der Waals surface area contributed by atoms with Crippen molar-refractivity contribution in [2.75, 3.05) is 6.26 Å². The van der Waals surface area contributed by atoms with Gasteiger partial charge in [-0.15, -0.1) is 0 Å². The minimum Gasteiger partial charge on any atom is -0.478 e. The largest absolute Gasteiger partial charge is 0.478 e. The molecule has 0 saturated heterocycles. The van der Waals surface area contributed by atoms with E-state index in [1.54, 1.807) is 12.2 Å². The van der Waals surface area contributed by atoms with Crippen molar-refractivity contribution in [2.24, 2.45) is 4.99 Å². The highest BCUT2D eigenvalue weighted by Crippen LogP contribution is 2.28. The smallest absolute Gasteiger partial charge is 0.335 e. The molecule has 2 aliphatic rings. The number of hydrogen-bond donors (Lipinski definition) is 1. The standard InChI is InChI=1S/C12H11NO4S/c1-18(16,17)11-8-3-2-6-13-10(11)5-4-9(7-8)12(14)15/h2-7,11H,1H3,(H,14,15). The Kier molecular flexibility index (Phi) is 3.04. The number of carbonyl (C=O) groups is 1. The summed E-state index contributed by atoms with van der Waals surface area (Å²) < 4.78 is 23.6. The molecule has 1 unspecified atom stereocenters. The fourth-order valence-corrected chi connectivity index (χ4v) is 3.08. The van der Waals surface area contributed by atoms with Gasteiger partial charge in [0.1, 0.15) is 5.25 Å². The first-order valence-corrected chi connectivity index (χ1v) is 7.11. The van der Waals surface area contributed by atoms with Crippen molar-refractivity contribution in [3.8, 4) is 0 Å². The van der Waals surface area contributed by atoms with Crippen LogP contribution in [0.4, 0.5) is 0 Å². The normalized spacial score (nSPS) is 22.5. The molecular formula is C12H11NO4S. The Morgan fingerprint density at radius 1 is 1.39 bits per heavy atom. The molecule has 0 fully saturated rings. The van der Waals surface area contributed by atoms with Gasteiger partial charge in [0.05, 0.1) is 11.3 Å². The number of carboxylic acids is 1. The predicted molar refractivity (Wildman–Crippen MR) is 68.1 cm³/mol. The lowest BCUT2D eigenvalue weighted by Gasteiger charge is -2.14. The van der Waals surface area contributed by atoms with Crippen LogP contribution in [0.15, 0.2) is 52.2 Å². The maximum Gasteiger partial charge on any atom is 0.335 e. The molecule has 18 heavy (non-hydrogen) atoms. The summed E-state index contributed by atoms with van der Waals surface area (Å²) in [5, 5.41) is 8.07. The van der Waals surface area contributed by atoms with Gasteiger partial charge in [-0.25, -0.2) is 13.2 Å². The van der Waals surface area contributed by atoms with E-state index in [1.807, 2.05) is 0 Å². The fourth-order valence-electron chi connectivity index (χ4n) is 1.87. The van der Waals surface area contributed by atoms with E-state index in [0.717, 1.165) is 6.26 Å². The molecule has 1 aliphatic carbocycles. The van der Waals surface area contributed by atoms with E-state index in [9.17, 15) is 13.2 Å². The van der Waals surface area contributed by atoms with Gasteiger partial charge in [0.15, 0.2) is 9.84 Å². The topological polar surface area (TPSA) is 83.8 Å². The van der Waals surface area contributed by atoms with Gasteiger partial charge in [-0.1, -0.05) is 6.08 Å². The second-order valence-electron chi connectivity index (χ2n) is 4.01. The number of aliphatic imine (C=N–C) groups is 1. The average molecular weight is 265 g/mol. The van der Waals surface area contributed by atoms with E-state index in [4.69, 9.17) is 5.11 Å². The minimum atomic E-state index is -3.41. The van der Waals surface area contributed by atoms with Gasteiger partial charge >= 0.3 is 5.97 Å². The molecule has 1 heterocycles. The minimum absolute atomic E-state index is 0.0374. The van der Waals surface area contributed by atoms with Crippen LogP contribution in [0.25, 0.3) is 0 Å². The van der Waals surface area contributed by atoms with Gasteiger partial charge in [0.25, 0.3) is 0 Å². The third kappa shape index (κ3) is 2.33. The Labute approximate surface area is 104 Å². The van der Waals surface area contributed by atoms with Crippen LogP contribution in [0, 0.1) is 0 Å². The van der Waals surface area contributed by atoms with Gasteiger partial charge in [0.2, 0.25) is 0 Å². The second kappa shape index (κ2) is 4.38. The molecule has 0 amide bonds. The molecule has 0 aromatic carbocycles. The molecule has 0 radical (unpaired) electrons. The van der Waals surface area contributed by atoms with Crippen molar-refractivity contribution < 1.29 is 18.3 Å². The Bertz CT molecular complexity index is 648. The number of aliphatic carboxylic acids is 1. The molecule has 0 aromatic rings. The van der Waals surface area contributed by atoms with Crippen molar-refractivity contribution in [1.82, 2.24) is 0 Å². The number of hydrogen-bond acceptors (Lipinski definition) is 4. The molecule has 2 bridgehead atoms. The zero-order valence-corrected chi connectivity index (χ0v) is 10.4. The first kappa shape index (κ1) is 12.5. The van der Waals surface area contributed by atoms with Crippen LogP contribution >= 0.6 is 0 Å². The van der Waals surface area contributed by atoms with Crippen LogP contribution in [0.1, 0.15) is 0 Å². The summed E-state index contributed by atoms with van der Waals surface area (Å²) in [6, 6.07) is 0. The third-order valence-corrected chi connectivity index (χ3v) is 3.97. The van der Waals surface area contributed by atoms with E-state index in [-0.39, 0.29) is 5.57 Å². The maximum atomic E-state index is 11.8. The van der Waals surface area contributed by atoms with E-state index < -0.39 is 21.1 Å². The molecule has 1 aliphatic heterocycles. The van der Waals surface area contributed by atoms with Crippen molar-refractivity contribution in [3.05, 3.63) is 47.2 Å². The molecule has 6 heteroatoms. The molecule has 5 nitrogen and oxygen atoms in total. The number of sulfone groups is 1. The third-order valence-electron chi connectivity index (χ3n) is 2.60. The number of nitrogens with zero attached hydrogens (tertiary/aromatic N) is 1. The SMILES string of the molecule is CS(=O)(=O)C1C2=CC(C(=O)O)=CC=C1N=CC=C2. The Balaban J connectivity index is 2.68. The monoisotopic (exact) mass is 265 g/mol. The first-order valence-electron chi connectivity index (χ1n) is 5.16. The summed E-state index contributed by atoms with van der Waals surface area (Å²) in [5.74, 6) is -1.10. The first-order chi connectivity index (χ1) is 8.39. The molecule has 0 aromatic heterocycles. The van der Waals surface area contributed by atoms with Gasteiger partial charge in [-0.2, -0.15) is 0 Å². The predicted octanol–water partition coefficient (Wildman–Crippen LogP) is 0.875. The van der Waals surface area contributed by atoms with E-state index >= 15 is 0 Å². The summed E-state index contributed by atoms with van der Waals surface area (Å²) in [4.78, 5) is 15.0. The summed E-state index contributed by atoms with van der Waals surface area (Å²) in [6.45, 7) is 0. The van der Waals surface area contributed by atoms with Gasteiger partial charge in [-0.3, -0.25) is 4.99 Å². The fraction of sp³-hybridized carbons (Fsp3) is 0.167. The van der Waals surface area contributed by atoms with Gasteiger partial charge < -0.3 is 5.11 Å². The van der Waals surface area contributed by atoms with E-state index in [0.29, 0.717) is 11.3 Å². The highest BCUT2D eigenvalue weighted by atomic mass is 32.2. The van der Waals surface area contributed by atoms with E-state index in [2.05, 4.69) is 4.99 Å². The van der Waals surface area contributed by atoms with Crippen LogP contribution in [-0.4, -0.2) is 37.2 Å². The van der Waals surface area contributed by atoms with Crippen molar-refractivity contribution in [3.63, 3.8) is 0 Å². The molecule has 0 spiro atoms. The van der Waals surface area contributed by atoms with Gasteiger partial charge in [-0.05, 0) is 29.9 Å². The maximum absolute atomic E-state index is 11.8. The van der Waals surface area contributed by atoms with Crippen LogP contribution in [0.3, 0.4) is 0 Å². The Hall–Kier alpha value is -1.95. The lowest BCUT2D eigenvalue weighted by atomic mass is 10.1. The zero-order chi connectivity index (χ0) is 13.3. The molecule has 1 atom stereocenters. The Morgan fingerprint density at radius 2 is 2.11 bits per heavy atom. The number of allylic oxidation sites excluding steroid dienone is 4. The van der Waals surface area contributed by atoms with Crippen LogP contribution < -0.4 is 0 Å². The average Bonchev–Trinajstić information content (AvgIpc) is 2.56. The summed E-state index contributed by atoms with van der Waals surface area (Å²) in [6.07, 6.45) is 9.92.